The Morgan fingerprint density at radius 1 is 0.649 bits per heavy atom. The smallest absolute Gasteiger partial charge is 0.187 e. The van der Waals surface area contributed by atoms with Crippen molar-refractivity contribution in [3.05, 3.63) is 0 Å². The maximum absolute atomic E-state index is 11.4. The van der Waals surface area contributed by atoms with E-state index in [0.29, 0.717) is 6.42 Å². The summed E-state index contributed by atoms with van der Waals surface area (Å²) in [5.41, 5.74) is 0. The van der Waals surface area contributed by atoms with Crippen LogP contribution in [0.4, 0.5) is 0 Å². The monoisotopic (exact) mass is 540 g/mol. The van der Waals surface area contributed by atoms with E-state index in [1.807, 2.05) is 0 Å². The molecule has 3 fully saturated rings. The second kappa shape index (κ2) is 13.6. The van der Waals surface area contributed by atoms with Crippen LogP contribution in [0.3, 0.4) is 0 Å². The summed E-state index contributed by atoms with van der Waals surface area (Å²) < 4.78 is 23.4. The van der Waals surface area contributed by atoms with Crippen molar-refractivity contribution in [1.82, 2.24) is 21.3 Å². The molecule has 218 valence electrons. The van der Waals surface area contributed by atoms with E-state index in [1.54, 1.807) is 28.2 Å². The Bertz CT molecular complexity index is 699. The van der Waals surface area contributed by atoms with Crippen molar-refractivity contribution in [3.8, 4) is 0 Å². The molecule has 0 bridgehead atoms. The first-order valence-electron chi connectivity index (χ1n) is 12.6. The van der Waals surface area contributed by atoms with Crippen molar-refractivity contribution in [2.45, 2.75) is 98.2 Å². The first-order chi connectivity index (χ1) is 17.6. The summed E-state index contributed by atoms with van der Waals surface area (Å²) in [6.07, 6.45) is -14.5. The fourth-order valence-electron chi connectivity index (χ4n) is 5.37. The van der Waals surface area contributed by atoms with Crippen molar-refractivity contribution < 1.29 is 54.7 Å². The van der Waals surface area contributed by atoms with E-state index < -0.39 is 98.4 Å². The topological polar surface area (TPSA) is 227 Å². The van der Waals surface area contributed by atoms with Gasteiger partial charge >= 0.3 is 0 Å². The second-order valence-corrected chi connectivity index (χ2v) is 9.81. The predicted molar refractivity (Wildman–Crippen MR) is 127 cm³/mol. The number of aliphatic hydroxyl groups is 7. The zero-order valence-corrected chi connectivity index (χ0v) is 21.5. The third-order valence-electron chi connectivity index (χ3n) is 7.59. The number of hydrogen-bond acceptors (Lipinski definition) is 15. The van der Waals surface area contributed by atoms with E-state index >= 15 is 0 Å². The van der Waals surface area contributed by atoms with Gasteiger partial charge < -0.3 is 76.0 Å². The number of hydrogen-bond donors (Lipinski definition) is 11. The minimum atomic E-state index is -1.58. The first kappa shape index (κ1) is 30.9. The van der Waals surface area contributed by atoms with E-state index in [1.165, 1.54) is 0 Å². The Morgan fingerprint density at radius 2 is 1.19 bits per heavy atom. The third-order valence-corrected chi connectivity index (χ3v) is 7.59. The highest BCUT2D eigenvalue weighted by molar-refractivity contribution is 5.03. The van der Waals surface area contributed by atoms with Gasteiger partial charge in [0.25, 0.3) is 0 Å². The average Bonchev–Trinajstić information content (AvgIpc) is 2.89. The highest BCUT2D eigenvalue weighted by atomic mass is 16.7. The molecule has 15 atom stereocenters. The summed E-state index contributed by atoms with van der Waals surface area (Å²) in [7, 11) is 6.56. The zero-order valence-electron chi connectivity index (χ0n) is 21.5. The minimum Gasteiger partial charge on any atom is -0.394 e. The number of aliphatic hydroxyl groups excluding tert-OH is 7. The van der Waals surface area contributed by atoms with Gasteiger partial charge in [0.1, 0.15) is 61.0 Å². The summed E-state index contributed by atoms with van der Waals surface area (Å²) in [5, 5.41) is 85.1. The van der Waals surface area contributed by atoms with Crippen molar-refractivity contribution in [1.29, 1.82) is 0 Å². The predicted octanol–water partition coefficient (Wildman–Crippen LogP) is -6.25. The standard InChI is InChI=1S/C22H44N4O11/c1-23-6-10-14(29)16(31)17(32)22(34-10)37-20-9(25-3)5-8(24-2)19(18(20)33)36-21-15(30)12(26-4)13(28)11(7-27)35-21/h8-33H,5-7H2,1-4H3/t8-,9?,10+,11-,12?,13?,14?,15?,16-,17?,18?,19-,20+,21?,22-/m1/s1. The largest absolute Gasteiger partial charge is 0.394 e. The molecule has 0 radical (unpaired) electrons. The van der Waals surface area contributed by atoms with Crippen LogP contribution in [0.2, 0.25) is 0 Å². The van der Waals surface area contributed by atoms with E-state index in [4.69, 9.17) is 18.9 Å². The fraction of sp³-hybridized carbons (Fsp3) is 1.00. The number of ether oxygens (including phenoxy) is 4. The molecule has 2 saturated heterocycles. The molecule has 11 N–H and O–H groups in total. The van der Waals surface area contributed by atoms with Gasteiger partial charge in [-0.15, -0.1) is 0 Å². The van der Waals surface area contributed by atoms with Crippen LogP contribution in [0.25, 0.3) is 0 Å². The molecule has 15 heteroatoms. The molecule has 3 rings (SSSR count). The normalized spacial score (nSPS) is 49.2. The molecule has 0 aromatic rings. The molecule has 0 aromatic heterocycles. The van der Waals surface area contributed by atoms with E-state index in [-0.39, 0.29) is 6.54 Å². The Kier molecular flexibility index (Phi) is 11.4. The van der Waals surface area contributed by atoms with Crippen molar-refractivity contribution in [2.75, 3.05) is 41.3 Å². The van der Waals surface area contributed by atoms with Crippen LogP contribution in [0.5, 0.6) is 0 Å². The van der Waals surface area contributed by atoms with Gasteiger partial charge in [-0.3, -0.25) is 0 Å². The third kappa shape index (κ3) is 6.42. The van der Waals surface area contributed by atoms with Crippen LogP contribution >= 0.6 is 0 Å². The molecule has 2 aliphatic heterocycles. The quantitative estimate of drug-likeness (QED) is 0.124. The van der Waals surface area contributed by atoms with Gasteiger partial charge in [-0.25, -0.2) is 0 Å². The highest BCUT2D eigenvalue weighted by Crippen LogP contribution is 2.32. The van der Waals surface area contributed by atoms with Gasteiger partial charge in [0.2, 0.25) is 0 Å². The Hall–Kier alpha value is -0.600. The van der Waals surface area contributed by atoms with Crippen molar-refractivity contribution in [3.63, 3.8) is 0 Å². The number of rotatable bonds is 10. The van der Waals surface area contributed by atoms with Crippen LogP contribution < -0.4 is 21.3 Å². The summed E-state index contributed by atoms with van der Waals surface area (Å²) in [5.74, 6) is 0. The fourth-order valence-corrected chi connectivity index (χ4v) is 5.37. The molecule has 0 amide bonds. The van der Waals surface area contributed by atoms with Crippen LogP contribution in [0.1, 0.15) is 6.42 Å². The first-order valence-corrected chi connectivity index (χ1v) is 12.6. The Labute approximate surface area is 216 Å². The maximum Gasteiger partial charge on any atom is 0.187 e. The van der Waals surface area contributed by atoms with Gasteiger partial charge in [0.05, 0.1) is 12.6 Å². The Balaban J connectivity index is 1.80. The molecular weight excluding hydrogens is 496 g/mol. The van der Waals surface area contributed by atoms with E-state index in [0.717, 1.165) is 0 Å². The van der Waals surface area contributed by atoms with Crippen LogP contribution in [0, 0.1) is 0 Å². The molecule has 15 nitrogen and oxygen atoms in total. The number of likely N-dealkylation sites (N-methyl/N-ethyl adjacent to an activating group) is 4. The molecule has 2 heterocycles. The van der Waals surface area contributed by atoms with Gasteiger partial charge in [-0.1, -0.05) is 0 Å². The summed E-state index contributed by atoms with van der Waals surface area (Å²) >= 11 is 0. The van der Waals surface area contributed by atoms with E-state index in [2.05, 4.69) is 21.3 Å². The molecule has 8 unspecified atom stereocenters. The molecule has 1 aliphatic carbocycles. The van der Waals surface area contributed by atoms with Crippen LogP contribution in [-0.4, -0.2) is 169 Å². The van der Waals surface area contributed by atoms with Gasteiger partial charge in [0, 0.05) is 18.6 Å². The van der Waals surface area contributed by atoms with Crippen LogP contribution in [0.15, 0.2) is 0 Å². The van der Waals surface area contributed by atoms with Crippen LogP contribution in [-0.2, 0) is 18.9 Å². The lowest BCUT2D eigenvalue weighted by Gasteiger charge is -2.49. The lowest BCUT2D eigenvalue weighted by atomic mass is 9.83. The Morgan fingerprint density at radius 3 is 1.68 bits per heavy atom. The molecule has 37 heavy (non-hydrogen) atoms. The van der Waals surface area contributed by atoms with Crippen molar-refractivity contribution >= 4 is 0 Å². The molecule has 3 aliphatic rings. The summed E-state index contributed by atoms with van der Waals surface area (Å²) in [4.78, 5) is 0. The van der Waals surface area contributed by atoms with Gasteiger partial charge in [-0.2, -0.15) is 0 Å². The van der Waals surface area contributed by atoms with Gasteiger partial charge in [0.15, 0.2) is 12.6 Å². The molecular formula is C22H44N4O11. The van der Waals surface area contributed by atoms with E-state index in [9.17, 15) is 35.7 Å². The highest BCUT2D eigenvalue weighted by Gasteiger charge is 2.52. The second-order valence-electron chi connectivity index (χ2n) is 9.81. The molecule has 1 saturated carbocycles. The zero-order chi connectivity index (χ0) is 27.4. The lowest BCUT2D eigenvalue weighted by molar-refractivity contribution is -0.334. The van der Waals surface area contributed by atoms with Crippen molar-refractivity contribution in [2.24, 2.45) is 0 Å². The summed E-state index contributed by atoms with van der Waals surface area (Å²) in [6.45, 7) is -0.330. The van der Waals surface area contributed by atoms with Gasteiger partial charge in [-0.05, 0) is 34.6 Å². The molecule has 0 spiro atoms. The SMILES string of the molecule is CNC[C@@H]1O[C@H](O[C@H]2C(NC)C[C@@H](NC)[C@@H](OC3O[C@H](CO)C(O)C(NC)C3O)C2O)C(O)[C@H](O)C1O. The average molecular weight is 541 g/mol. The lowest BCUT2D eigenvalue weighted by Crippen LogP contribution is -2.69. The molecule has 0 aromatic carbocycles. The maximum atomic E-state index is 11.4. The minimum absolute atomic E-state index is 0.183. The number of nitrogens with one attached hydrogen (secondary N) is 4. The summed E-state index contributed by atoms with van der Waals surface area (Å²) in [6, 6.07) is -1.73.